The van der Waals surface area contributed by atoms with Crippen LogP contribution in [0.15, 0.2) is 11.1 Å². The van der Waals surface area contributed by atoms with Crippen molar-refractivity contribution in [2.75, 3.05) is 0 Å². The Morgan fingerprint density at radius 1 is 0.857 bits per heavy atom. The van der Waals surface area contributed by atoms with Crippen molar-refractivity contribution < 1.29 is 4.79 Å². The fraction of sp³-hybridized carbons (Fsp3) is 0.850. The lowest BCUT2D eigenvalue weighted by molar-refractivity contribution is -0.161. The maximum absolute atomic E-state index is 12.6. The van der Waals surface area contributed by atoms with E-state index in [9.17, 15) is 4.79 Å². The third kappa shape index (κ3) is 1.56. The monoisotopic (exact) mass is 286 g/mol. The second-order valence-corrected chi connectivity index (χ2v) is 9.64. The molecule has 0 aromatic heterocycles. The van der Waals surface area contributed by atoms with Crippen LogP contribution in [0.25, 0.3) is 0 Å². The Hall–Kier alpha value is -0.590. The zero-order valence-corrected chi connectivity index (χ0v) is 14.3. The number of Topliss-reactive ketones (excluding diaryl/α,β-unsaturated/α-hetero) is 1. The second kappa shape index (κ2) is 3.84. The van der Waals surface area contributed by atoms with Crippen LogP contribution in [0, 0.1) is 21.7 Å². The molecule has 5 aliphatic rings. The lowest BCUT2D eigenvalue weighted by Gasteiger charge is -2.66. The summed E-state index contributed by atoms with van der Waals surface area (Å²) in [5, 5.41) is 0. The molecule has 5 aliphatic carbocycles. The van der Waals surface area contributed by atoms with E-state index in [0.717, 1.165) is 19.3 Å². The van der Waals surface area contributed by atoms with E-state index in [-0.39, 0.29) is 5.41 Å². The summed E-state index contributed by atoms with van der Waals surface area (Å²) in [7, 11) is 0. The molecule has 3 saturated carbocycles. The number of allylic oxidation sites excluding steroid dienone is 2. The van der Waals surface area contributed by atoms with Crippen molar-refractivity contribution in [3.63, 3.8) is 0 Å². The highest BCUT2D eigenvalue weighted by Gasteiger charge is 2.65. The Bertz CT molecular complexity index is 554. The van der Waals surface area contributed by atoms with Crippen molar-refractivity contribution in [2.24, 2.45) is 21.7 Å². The Morgan fingerprint density at radius 2 is 1.62 bits per heavy atom. The van der Waals surface area contributed by atoms with E-state index < -0.39 is 0 Å². The van der Waals surface area contributed by atoms with Crippen LogP contribution >= 0.6 is 0 Å². The molecule has 0 aromatic rings. The normalized spacial score (nSPS) is 48.1. The summed E-state index contributed by atoms with van der Waals surface area (Å²) in [5.74, 6) is 0.574. The minimum atomic E-state index is -0.0203. The van der Waals surface area contributed by atoms with E-state index in [1.54, 1.807) is 11.1 Å². The molecule has 5 rings (SSSR count). The van der Waals surface area contributed by atoms with Crippen LogP contribution < -0.4 is 0 Å². The van der Waals surface area contributed by atoms with Gasteiger partial charge in [0, 0.05) is 11.8 Å². The van der Waals surface area contributed by atoms with Crippen molar-refractivity contribution >= 4 is 5.78 Å². The Morgan fingerprint density at radius 3 is 2.33 bits per heavy atom. The molecule has 116 valence electrons. The summed E-state index contributed by atoms with van der Waals surface area (Å²) in [6.45, 7) is 9.70. The Labute approximate surface area is 129 Å². The fourth-order valence-corrected chi connectivity index (χ4v) is 6.69. The van der Waals surface area contributed by atoms with E-state index in [4.69, 9.17) is 0 Å². The molecule has 0 amide bonds. The van der Waals surface area contributed by atoms with Gasteiger partial charge in [0.2, 0.25) is 0 Å². The largest absolute Gasteiger partial charge is 0.299 e. The minimum Gasteiger partial charge on any atom is -0.299 e. The average Bonchev–Trinajstić information content (AvgIpc) is 2.39. The first-order valence-electron chi connectivity index (χ1n) is 8.99. The molecule has 0 aromatic carbocycles. The van der Waals surface area contributed by atoms with Crippen molar-refractivity contribution in [3.8, 4) is 0 Å². The van der Waals surface area contributed by atoms with Gasteiger partial charge in [0.05, 0.1) is 0 Å². The Balaban J connectivity index is 1.88. The van der Waals surface area contributed by atoms with E-state index in [2.05, 4.69) is 27.7 Å². The first-order valence-corrected chi connectivity index (χ1v) is 8.99. The average molecular weight is 286 g/mol. The molecule has 0 heterocycles. The van der Waals surface area contributed by atoms with Gasteiger partial charge in [0.1, 0.15) is 5.78 Å². The summed E-state index contributed by atoms with van der Waals surface area (Å²) < 4.78 is 0. The van der Waals surface area contributed by atoms with Gasteiger partial charge in [-0.2, -0.15) is 0 Å². The first-order chi connectivity index (χ1) is 9.73. The van der Waals surface area contributed by atoms with Gasteiger partial charge in [-0.15, -0.1) is 0 Å². The Kier molecular flexibility index (Phi) is 2.56. The number of fused-ring (bicyclic) bond motifs is 2. The molecule has 0 unspecified atom stereocenters. The number of carbonyl (C=O) groups is 1. The van der Waals surface area contributed by atoms with Gasteiger partial charge in [-0.3, -0.25) is 4.79 Å². The quantitative estimate of drug-likeness (QED) is 0.542. The maximum atomic E-state index is 12.6. The lowest BCUT2D eigenvalue weighted by atomic mass is 9.37. The van der Waals surface area contributed by atoms with Crippen LogP contribution in [0.5, 0.6) is 0 Å². The van der Waals surface area contributed by atoms with E-state index >= 15 is 0 Å². The highest BCUT2D eigenvalue weighted by atomic mass is 16.1. The fourth-order valence-electron chi connectivity index (χ4n) is 6.69. The molecule has 1 heteroatoms. The third-order valence-electron chi connectivity index (χ3n) is 8.17. The number of ketones is 1. The summed E-state index contributed by atoms with van der Waals surface area (Å²) in [6, 6.07) is 0. The lowest BCUT2D eigenvalue weighted by Crippen LogP contribution is -2.60. The van der Waals surface area contributed by atoms with E-state index in [1.165, 1.54) is 38.5 Å². The maximum Gasteiger partial charge on any atom is 0.139 e. The predicted octanol–water partition coefficient (Wildman–Crippen LogP) is 5.44. The number of rotatable bonds is 0. The number of hydrogen-bond donors (Lipinski definition) is 0. The molecule has 1 spiro atoms. The summed E-state index contributed by atoms with van der Waals surface area (Å²) >= 11 is 0. The van der Waals surface area contributed by atoms with Gasteiger partial charge in [-0.1, -0.05) is 38.8 Å². The zero-order valence-electron chi connectivity index (χ0n) is 14.3. The molecule has 21 heavy (non-hydrogen) atoms. The highest BCUT2D eigenvalue weighted by molar-refractivity contribution is 5.87. The van der Waals surface area contributed by atoms with E-state index in [1.807, 2.05) is 0 Å². The molecule has 0 saturated heterocycles. The molecule has 0 N–H and O–H groups in total. The van der Waals surface area contributed by atoms with Crippen molar-refractivity contribution in [2.45, 2.75) is 85.5 Å². The minimum absolute atomic E-state index is 0.0203. The van der Waals surface area contributed by atoms with Crippen molar-refractivity contribution in [3.05, 3.63) is 11.1 Å². The molecule has 0 radical (unpaired) electrons. The van der Waals surface area contributed by atoms with Crippen LogP contribution in [0.4, 0.5) is 0 Å². The molecule has 3 atom stereocenters. The van der Waals surface area contributed by atoms with Crippen LogP contribution in [0.1, 0.15) is 85.5 Å². The van der Waals surface area contributed by atoms with Crippen LogP contribution in [0.3, 0.4) is 0 Å². The number of carbonyl (C=O) groups excluding carboxylic acids is 1. The smallest absolute Gasteiger partial charge is 0.139 e. The predicted molar refractivity (Wildman–Crippen MR) is 86.0 cm³/mol. The topological polar surface area (TPSA) is 17.1 Å². The van der Waals surface area contributed by atoms with Gasteiger partial charge in [-0.05, 0) is 67.6 Å². The van der Waals surface area contributed by atoms with Crippen LogP contribution in [0.2, 0.25) is 0 Å². The molecule has 3 fully saturated rings. The number of hydrogen-bond acceptors (Lipinski definition) is 1. The molecular formula is C20H30O. The summed E-state index contributed by atoms with van der Waals surface area (Å²) in [5.41, 5.74) is 4.59. The van der Waals surface area contributed by atoms with Crippen molar-refractivity contribution in [1.29, 1.82) is 0 Å². The molecule has 2 bridgehead atoms. The standard InChI is InChI=1S/C20H30O/c1-17(2)8-5-6-15-14(17)7-9-20-11-10-18(3,16(21)12-20)13-19(15,20)4/h5-13H2,1-4H3/t18-,19+,20+/m1/s1. The highest BCUT2D eigenvalue weighted by Crippen LogP contribution is 2.72. The molecular weight excluding hydrogens is 256 g/mol. The van der Waals surface area contributed by atoms with Gasteiger partial charge < -0.3 is 0 Å². The summed E-state index contributed by atoms with van der Waals surface area (Å²) in [4.78, 5) is 12.6. The first kappa shape index (κ1) is 14.0. The van der Waals surface area contributed by atoms with Crippen LogP contribution in [-0.2, 0) is 4.79 Å². The van der Waals surface area contributed by atoms with Gasteiger partial charge in [0.25, 0.3) is 0 Å². The molecule has 1 nitrogen and oxygen atoms in total. The second-order valence-electron chi connectivity index (χ2n) is 9.64. The van der Waals surface area contributed by atoms with Gasteiger partial charge in [0.15, 0.2) is 0 Å². The summed E-state index contributed by atoms with van der Waals surface area (Å²) in [6.07, 6.45) is 11.0. The molecule has 0 aliphatic heterocycles. The zero-order chi connectivity index (χ0) is 15.1. The van der Waals surface area contributed by atoms with Crippen LogP contribution in [-0.4, -0.2) is 5.78 Å². The van der Waals surface area contributed by atoms with E-state index in [0.29, 0.717) is 22.0 Å². The van der Waals surface area contributed by atoms with Crippen molar-refractivity contribution in [1.82, 2.24) is 0 Å². The van der Waals surface area contributed by atoms with Gasteiger partial charge in [-0.25, -0.2) is 0 Å². The van der Waals surface area contributed by atoms with Gasteiger partial charge >= 0.3 is 0 Å². The SMILES string of the molecule is CC1(C)CCCC2=C1CC[C@@]13CC[C@](C)(C[C@@]21C)C(=O)C3. The third-order valence-corrected chi connectivity index (χ3v) is 8.17.